The first-order valence-electron chi connectivity index (χ1n) is 8.79. The molecule has 0 unspecified atom stereocenters. The summed E-state index contributed by atoms with van der Waals surface area (Å²) in [6.45, 7) is 8.15. The van der Waals surface area contributed by atoms with Crippen molar-refractivity contribution in [1.82, 2.24) is 20.2 Å². The number of alkyl carbamates (subject to hydrolysis) is 1. The Morgan fingerprint density at radius 1 is 1.11 bits per heavy atom. The molecule has 1 saturated heterocycles. The van der Waals surface area contributed by atoms with Gasteiger partial charge in [0.15, 0.2) is 0 Å². The number of alkyl halides is 3. The normalized spacial score (nSPS) is 16.5. The van der Waals surface area contributed by atoms with Gasteiger partial charge in [-0.1, -0.05) is 0 Å². The van der Waals surface area contributed by atoms with Crippen molar-refractivity contribution in [3.63, 3.8) is 0 Å². The number of aromatic nitrogens is 2. The van der Waals surface area contributed by atoms with E-state index in [0.29, 0.717) is 26.2 Å². The molecule has 1 aliphatic rings. The number of ether oxygens (including phenoxy) is 1. The summed E-state index contributed by atoms with van der Waals surface area (Å²) in [5.41, 5.74) is -1.58. The van der Waals surface area contributed by atoms with Crippen LogP contribution in [0.5, 0.6) is 0 Å². The Kier molecular flexibility index (Phi) is 6.35. The first-order valence-corrected chi connectivity index (χ1v) is 8.79. The van der Waals surface area contributed by atoms with Crippen molar-refractivity contribution >= 4 is 17.9 Å². The molecule has 0 saturated carbocycles. The molecule has 0 aromatic carbocycles. The van der Waals surface area contributed by atoms with Crippen molar-refractivity contribution in [2.45, 2.75) is 45.5 Å². The molecule has 28 heavy (non-hydrogen) atoms. The molecule has 11 heteroatoms. The van der Waals surface area contributed by atoms with Gasteiger partial charge in [-0.3, -0.25) is 4.79 Å². The summed E-state index contributed by atoms with van der Waals surface area (Å²) in [6.07, 6.45) is -3.68. The van der Waals surface area contributed by atoms with Crippen LogP contribution in [0.3, 0.4) is 0 Å². The second-order valence-corrected chi connectivity index (χ2v) is 7.45. The molecule has 1 aromatic heterocycles. The third kappa shape index (κ3) is 5.96. The Morgan fingerprint density at radius 2 is 1.64 bits per heavy atom. The lowest BCUT2D eigenvalue weighted by Gasteiger charge is -2.36. The molecule has 2 rings (SSSR count). The molecular weight excluding hydrogens is 379 g/mol. The number of rotatable bonds is 3. The first kappa shape index (κ1) is 21.7. The van der Waals surface area contributed by atoms with Crippen LogP contribution in [0.25, 0.3) is 0 Å². The Labute approximate surface area is 161 Å². The van der Waals surface area contributed by atoms with Crippen LogP contribution in [0, 0.1) is 0 Å². The van der Waals surface area contributed by atoms with Crippen molar-refractivity contribution in [2.75, 3.05) is 31.1 Å². The summed E-state index contributed by atoms with van der Waals surface area (Å²) in [6, 6.07) is -0.760. The molecular formula is C17H24F3N5O3. The molecule has 1 fully saturated rings. The van der Waals surface area contributed by atoms with Gasteiger partial charge >= 0.3 is 12.3 Å². The van der Waals surface area contributed by atoms with Gasteiger partial charge in [0.1, 0.15) is 11.6 Å². The monoisotopic (exact) mass is 403 g/mol. The first-order chi connectivity index (χ1) is 12.9. The van der Waals surface area contributed by atoms with Gasteiger partial charge in [0.25, 0.3) is 0 Å². The maximum Gasteiger partial charge on any atom is 0.419 e. The Bertz CT molecular complexity index is 695. The van der Waals surface area contributed by atoms with E-state index in [2.05, 4.69) is 15.3 Å². The van der Waals surface area contributed by atoms with Crippen LogP contribution in [0.2, 0.25) is 0 Å². The molecule has 0 radical (unpaired) electrons. The van der Waals surface area contributed by atoms with E-state index in [1.165, 1.54) is 0 Å². The van der Waals surface area contributed by atoms with Crippen LogP contribution in [0.15, 0.2) is 12.4 Å². The lowest BCUT2D eigenvalue weighted by Crippen LogP contribution is -2.54. The molecule has 1 aliphatic heterocycles. The van der Waals surface area contributed by atoms with Crippen LogP contribution in [0.1, 0.15) is 33.3 Å². The van der Waals surface area contributed by atoms with Gasteiger partial charge in [0, 0.05) is 38.6 Å². The summed E-state index contributed by atoms with van der Waals surface area (Å²) in [5, 5.41) is 2.50. The number of nitrogens with one attached hydrogen (secondary N) is 1. The van der Waals surface area contributed by atoms with E-state index in [4.69, 9.17) is 4.74 Å². The maximum absolute atomic E-state index is 12.6. The lowest BCUT2D eigenvalue weighted by molar-refractivity contribution is -0.138. The molecule has 0 aliphatic carbocycles. The number of hydrogen-bond donors (Lipinski definition) is 1. The van der Waals surface area contributed by atoms with E-state index >= 15 is 0 Å². The molecule has 2 amide bonds. The van der Waals surface area contributed by atoms with E-state index in [0.717, 1.165) is 12.4 Å². The van der Waals surface area contributed by atoms with Crippen molar-refractivity contribution in [2.24, 2.45) is 0 Å². The molecule has 2 heterocycles. The summed E-state index contributed by atoms with van der Waals surface area (Å²) in [5.74, 6) is -0.0844. The number of hydrogen-bond acceptors (Lipinski definition) is 6. The minimum Gasteiger partial charge on any atom is -0.444 e. The van der Waals surface area contributed by atoms with Crippen LogP contribution in [-0.2, 0) is 15.7 Å². The van der Waals surface area contributed by atoms with Gasteiger partial charge in [-0.25, -0.2) is 14.8 Å². The number of carbonyl (C=O) groups excluding carboxylic acids is 2. The fourth-order valence-corrected chi connectivity index (χ4v) is 2.58. The minimum absolute atomic E-state index is 0.181. The number of anilines is 1. The van der Waals surface area contributed by atoms with Crippen molar-refractivity contribution in [3.05, 3.63) is 18.0 Å². The molecule has 8 nitrogen and oxygen atoms in total. The van der Waals surface area contributed by atoms with E-state index in [1.54, 1.807) is 37.5 Å². The highest BCUT2D eigenvalue weighted by atomic mass is 19.4. The maximum atomic E-state index is 12.6. The van der Waals surface area contributed by atoms with Crippen molar-refractivity contribution in [1.29, 1.82) is 0 Å². The third-order valence-electron chi connectivity index (χ3n) is 3.94. The summed E-state index contributed by atoms with van der Waals surface area (Å²) in [4.78, 5) is 35.1. The average molecular weight is 403 g/mol. The van der Waals surface area contributed by atoms with Gasteiger partial charge in [-0.2, -0.15) is 13.2 Å². The number of carbonyl (C=O) groups is 2. The smallest absolute Gasteiger partial charge is 0.419 e. The highest BCUT2D eigenvalue weighted by Gasteiger charge is 2.32. The van der Waals surface area contributed by atoms with E-state index in [9.17, 15) is 22.8 Å². The third-order valence-corrected chi connectivity index (χ3v) is 3.94. The second-order valence-electron chi connectivity index (χ2n) is 7.45. The topological polar surface area (TPSA) is 87.7 Å². The highest BCUT2D eigenvalue weighted by Crippen LogP contribution is 2.28. The van der Waals surface area contributed by atoms with Crippen LogP contribution in [0.4, 0.5) is 23.9 Å². The fourth-order valence-electron chi connectivity index (χ4n) is 2.58. The SMILES string of the molecule is C[C@@H](NC(=O)OC(C)(C)C)C(=O)N1CCN(c2ncc(C(F)(F)F)cn2)CC1. The lowest BCUT2D eigenvalue weighted by atomic mass is 10.2. The fraction of sp³-hybridized carbons (Fsp3) is 0.647. The molecule has 1 atom stereocenters. The highest BCUT2D eigenvalue weighted by molar-refractivity contribution is 5.85. The summed E-state index contributed by atoms with van der Waals surface area (Å²) < 4.78 is 42.9. The van der Waals surface area contributed by atoms with Crippen molar-refractivity contribution in [3.8, 4) is 0 Å². The van der Waals surface area contributed by atoms with E-state index in [1.807, 2.05) is 0 Å². The summed E-state index contributed by atoms with van der Waals surface area (Å²) >= 11 is 0. The van der Waals surface area contributed by atoms with Gasteiger partial charge < -0.3 is 19.9 Å². The molecule has 156 valence electrons. The number of nitrogens with zero attached hydrogens (tertiary/aromatic N) is 4. The minimum atomic E-state index is -4.49. The zero-order valence-corrected chi connectivity index (χ0v) is 16.2. The Balaban J connectivity index is 1.87. The Morgan fingerprint density at radius 3 is 2.11 bits per heavy atom. The molecule has 0 bridgehead atoms. The largest absolute Gasteiger partial charge is 0.444 e. The zero-order chi connectivity index (χ0) is 21.1. The van der Waals surface area contributed by atoms with Gasteiger partial charge in [-0.15, -0.1) is 0 Å². The predicted molar refractivity (Wildman–Crippen MR) is 94.7 cm³/mol. The van der Waals surface area contributed by atoms with Crippen LogP contribution in [-0.4, -0.2) is 64.7 Å². The van der Waals surface area contributed by atoms with Gasteiger partial charge in [-0.05, 0) is 27.7 Å². The predicted octanol–water partition coefficient (Wildman–Crippen LogP) is 2.06. The van der Waals surface area contributed by atoms with Crippen molar-refractivity contribution < 1.29 is 27.5 Å². The quantitative estimate of drug-likeness (QED) is 0.831. The van der Waals surface area contributed by atoms with Gasteiger partial charge in [0.05, 0.1) is 5.56 Å². The van der Waals surface area contributed by atoms with Crippen LogP contribution < -0.4 is 10.2 Å². The molecule has 0 spiro atoms. The Hall–Kier alpha value is -2.59. The number of halogens is 3. The van der Waals surface area contributed by atoms with E-state index < -0.39 is 29.5 Å². The number of amides is 2. The molecule has 1 aromatic rings. The number of piperazine rings is 1. The van der Waals surface area contributed by atoms with E-state index in [-0.39, 0.29) is 11.9 Å². The van der Waals surface area contributed by atoms with Gasteiger partial charge in [0.2, 0.25) is 11.9 Å². The second kappa shape index (κ2) is 8.19. The standard InChI is InChI=1S/C17H24F3N5O3/c1-11(23-15(27)28-16(2,3)4)13(26)24-5-7-25(8-6-24)14-21-9-12(10-22-14)17(18,19)20/h9-11H,5-8H2,1-4H3,(H,23,27)/t11-/m1/s1. The average Bonchev–Trinajstić information content (AvgIpc) is 2.59. The zero-order valence-electron chi connectivity index (χ0n) is 16.2. The summed E-state index contributed by atoms with van der Waals surface area (Å²) in [7, 11) is 0. The molecule has 1 N–H and O–H groups in total. The van der Waals surface area contributed by atoms with Crippen LogP contribution >= 0.6 is 0 Å².